The van der Waals surface area contributed by atoms with Crippen molar-refractivity contribution >= 4 is 27.5 Å². The van der Waals surface area contributed by atoms with Crippen molar-refractivity contribution < 1.29 is 0 Å². The minimum absolute atomic E-state index is 1.27. The molecule has 60 valence electrons. The third-order valence-electron chi connectivity index (χ3n) is 2.10. The highest BCUT2D eigenvalue weighted by Gasteiger charge is 2.01. The Labute approximate surface area is 76.2 Å². The second kappa shape index (κ2) is 2.76. The van der Waals surface area contributed by atoms with Crippen LogP contribution in [0.5, 0.6) is 0 Å². The summed E-state index contributed by atoms with van der Waals surface area (Å²) in [7, 11) is 0. The van der Waals surface area contributed by atoms with Crippen LogP contribution in [-0.2, 0) is 0 Å². The van der Waals surface area contributed by atoms with Gasteiger partial charge >= 0.3 is 0 Å². The number of hydrogen-bond donors (Lipinski definition) is 0. The normalized spacial score (nSPS) is 10.4. The smallest absolute Gasteiger partial charge is 0.0348 e. The largest absolute Gasteiger partial charge is 0.144 e. The molecular weight excluding hydrogens is 164 g/mol. The summed E-state index contributed by atoms with van der Waals surface area (Å²) in [5, 5.41) is 3.45. The number of hydrogen-bond acceptors (Lipinski definition) is 1. The monoisotopic (exact) mass is 174 g/mol. The van der Waals surface area contributed by atoms with E-state index in [2.05, 4.69) is 37.1 Å². The van der Waals surface area contributed by atoms with Crippen LogP contribution in [0.2, 0.25) is 0 Å². The zero-order valence-corrected chi connectivity index (χ0v) is 7.82. The molecule has 0 aliphatic rings. The molecular formula is C11H10S. The Morgan fingerprint density at radius 1 is 1.33 bits per heavy atom. The van der Waals surface area contributed by atoms with E-state index in [-0.39, 0.29) is 0 Å². The zero-order chi connectivity index (χ0) is 8.55. The summed E-state index contributed by atoms with van der Waals surface area (Å²) in [5.74, 6) is 0. The topological polar surface area (TPSA) is 0 Å². The summed E-state index contributed by atoms with van der Waals surface area (Å²) in [4.78, 5) is 0. The Bertz CT molecular complexity index is 423. The molecule has 1 heterocycles. The molecule has 0 spiro atoms. The summed E-state index contributed by atoms with van der Waals surface area (Å²) in [6, 6.07) is 6.47. The first kappa shape index (κ1) is 7.56. The van der Waals surface area contributed by atoms with Gasteiger partial charge in [-0.2, -0.15) is 0 Å². The number of aryl methyl sites for hydroxylation is 1. The Hall–Kier alpha value is -1.08. The van der Waals surface area contributed by atoms with Crippen molar-refractivity contribution in [3.05, 3.63) is 41.3 Å². The van der Waals surface area contributed by atoms with Crippen LogP contribution in [0.4, 0.5) is 0 Å². The first-order valence-corrected chi connectivity index (χ1v) is 4.80. The van der Waals surface area contributed by atoms with Gasteiger partial charge in [-0.15, -0.1) is 11.3 Å². The number of rotatable bonds is 1. The van der Waals surface area contributed by atoms with Crippen LogP contribution in [0, 0.1) is 6.92 Å². The van der Waals surface area contributed by atoms with E-state index in [1.165, 1.54) is 21.2 Å². The van der Waals surface area contributed by atoms with Crippen molar-refractivity contribution in [1.82, 2.24) is 0 Å². The maximum Gasteiger partial charge on any atom is 0.0348 e. The zero-order valence-electron chi connectivity index (χ0n) is 7.00. The highest BCUT2D eigenvalue weighted by molar-refractivity contribution is 7.17. The average Bonchev–Trinajstić information content (AvgIpc) is 2.52. The Morgan fingerprint density at radius 3 is 2.92 bits per heavy atom. The molecule has 0 nitrogen and oxygen atoms in total. The number of thiophene rings is 1. The van der Waals surface area contributed by atoms with Gasteiger partial charge in [-0.05, 0) is 40.9 Å². The highest BCUT2D eigenvalue weighted by atomic mass is 32.1. The molecule has 1 heteroatoms. The average molecular weight is 174 g/mol. The number of benzene rings is 1. The molecule has 2 rings (SSSR count). The van der Waals surface area contributed by atoms with E-state index in [1.54, 1.807) is 11.3 Å². The SMILES string of the molecule is C=Cc1c(C)ccc2sccc12. The van der Waals surface area contributed by atoms with E-state index in [9.17, 15) is 0 Å². The lowest BCUT2D eigenvalue weighted by Crippen LogP contribution is -1.79. The molecule has 12 heavy (non-hydrogen) atoms. The quantitative estimate of drug-likeness (QED) is 0.616. The fourth-order valence-electron chi connectivity index (χ4n) is 1.45. The van der Waals surface area contributed by atoms with Gasteiger partial charge in [-0.1, -0.05) is 18.7 Å². The summed E-state index contributed by atoms with van der Waals surface area (Å²) in [6.45, 7) is 5.95. The molecule has 0 aliphatic heterocycles. The van der Waals surface area contributed by atoms with Crippen LogP contribution in [0.3, 0.4) is 0 Å². The van der Waals surface area contributed by atoms with E-state index < -0.39 is 0 Å². The molecule has 0 atom stereocenters. The van der Waals surface area contributed by atoms with Gasteiger partial charge in [0.05, 0.1) is 0 Å². The third-order valence-corrected chi connectivity index (χ3v) is 2.98. The Balaban J connectivity index is 2.91. The Kier molecular flexibility index (Phi) is 1.74. The highest BCUT2D eigenvalue weighted by Crippen LogP contribution is 2.27. The van der Waals surface area contributed by atoms with Crippen molar-refractivity contribution in [3.8, 4) is 0 Å². The molecule has 0 saturated carbocycles. The van der Waals surface area contributed by atoms with E-state index in [0.29, 0.717) is 0 Å². The molecule has 0 saturated heterocycles. The fraction of sp³-hybridized carbons (Fsp3) is 0.0909. The second-order valence-corrected chi connectivity index (χ2v) is 3.78. The van der Waals surface area contributed by atoms with Gasteiger partial charge in [0, 0.05) is 4.70 Å². The molecule has 1 aromatic carbocycles. The van der Waals surface area contributed by atoms with Crippen LogP contribution in [0.1, 0.15) is 11.1 Å². The standard InChI is InChI=1S/C11H10S/c1-3-9-8(2)4-5-11-10(9)6-7-12-11/h3-7H,1H2,2H3. The van der Waals surface area contributed by atoms with Gasteiger partial charge in [-0.25, -0.2) is 0 Å². The predicted octanol–water partition coefficient (Wildman–Crippen LogP) is 3.85. The van der Waals surface area contributed by atoms with Crippen LogP contribution >= 0.6 is 11.3 Å². The molecule has 1 aromatic heterocycles. The maximum absolute atomic E-state index is 3.83. The van der Waals surface area contributed by atoms with Crippen molar-refractivity contribution in [1.29, 1.82) is 0 Å². The summed E-state index contributed by atoms with van der Waals surface area (Å²) in [5.41, 5.74) is 2.57. The summed E-state index contributed by atoms with van der Waals surface area (Å²) < 4.78 is 1.34. The van der Waals surface area contributed by atoms with Crippen LogP contribution in [0.25, 0.3) is 16.2 Å². The van der Waals surface area contributed by atoms with Gasteiger partial charge in [0.1, 0.15) is 0 Å². The first-order chi connectivity index (χ1) is 5.83. The van der Waals surface area contributed by atoms with Crippen molar-refractivity contribution in [2.45, 2.75) is 6.92 Å². The van der Waals surface area contributed by atoms with Crippen LogP contribution in [-0.4, -0.2) is 0 Å². The van der Waals surface area contributed by atoms with Crippen molar-refractivity contribution in [2.75, 3.05) is 0 Å². The molecule has 2 aromatic rings. The van der Waals surface area contributed by atoms with Gasteiger partial charge < -0.3 is 0 Å². The fourth-order valence-corrected chi connectivity index (χ4v) is 2.25. The molecule has 0 bridgehead atoms. The van der Waals surface area contributed by atoms with Gasteiger partial charge in [0.2, 0.25) is 0 Å². The van der Waals surface area contributed by atoms with Crippen LogP contribution in [0.15, 0.2) is 30.2 Å². The molecule has 0 radical (unpaired) electrons. The van der Waals surface area contributed by atoms with Gasteiger partial charge in [0.15, 0.2) is 0 Å². The third kappa shape index (κ3) is 0.978. The van der Waals surface area contributed by atoms with Crippen molar-refractivity contribution in [2.24, 2.45) is 0 Å². The van der Waals surface area contributed by atoms with E-state index in [1.807, 2.05) is 6.08 Å². The molecule has 0 unspecified atom stereocenters. The molecule has 0 amide bonds. The van der Waals surface area contributed by atoms with E-state index in [0.717, 1.165) is 0 Å². The van der Waals surface area contributed by atoms with Gasteiger partial charge in [-0.3, -0.25) is 0 Å². The van der Waals surface area contributed by atoms with E-state index in [4.69, 9.17) is 0 Å². The lowest BCUT2D eigenvalue weighted by atomic mass is 10.1. The molecule has 0 fully saturated rings. The predicted molar refractivity (Wildman–Crippen MR) is 56.7 cm³/mol. The summed E-state index contributed by atoms with van der Waals surface area (Å²) in [6.07, 6.45) is 1.93. The number of fused-ring (bicyclic) bond motifs is 1. The van der Waals surface area contributed by atoms with Crippen molar-refractivity contribution in [3.63, 3.8) is 0 Å². The van der Waals surface area contributed by atoms with E-state index >= 15 is 0 Å². The second-order valence-electron chi connectivity index (χ2n) is 2.83. The maximum atomic E-state index is 3.83. The molecule has 0 aliphatic carbocycles. The first-order valence-electron chi connectivity index (χ1n) is 3.92. The minimum atomic E-state index is 1.27. The lowest BCUT2D eigenvalue weighted by Gasteiger charge is -2.00. The lowest BCUT2D eigenvalue weighted by molar-refractivity contribution is 1.49. The summed E-state index contributed by atoms with van der Waals surface area (Å²) >= 11 is 1.78. The Morgan fingerprint density at radius 2 is 2.17 bits per heavy atom. The van der Waals surface area contributed by atoms with Crippen LogP contribution < -0.4 is 0 Å². The molecule has 0 N–H and O–H groups in total. The van der Waals surface area contributed by atoms with Gasteiger partial charge in [0.25, 0.3) is 0 Å². The minimum Gasteiger partial charge on any atom is -0.144 e.